The molecule has 0 aromatic heterocycles. The third-order valence-corrected chi connectivity index (χ3v) is 3.53. The van der Waals surface area contributed by atoms with Gasteiger partial charge in [-0.05, 0) is 26.8 Å². The lowest BCUT2D eigenvalue weighted by atomic mass is 10.0. The van der Waals surface area contributed by atoms with Crippen LogP contribution < -0.4 is 16.0 Å². The molecule has 0 rings (SSSR count). The van der Waals surface area contributed by atoms with E-state index in [9.17, 15) is 23.6 Å². The Balaban J connectivity index is 4.84. The number of hydrogen-bond donors (Lipinski definition) is 3. The maximum atomic E-state index is 12.6. The average Bonchev–Trinajstić information content (AvgIpc) is 2.53. The number of carbonyl (C=O) groups excluding carboxylic acids is 4. The number of likely N-dealkylation sites (N-methyl/N-ethyl adjacent to an activating group) is 1. The predicted molar refractivity (Wildman–Crippen MR) is 89.5 cm³/mol. The third kappa shape index (κ3) is 8.06. The highest BCUT2D eigenvalue weighted by molar-refractivity contribution is 5.95. The Morgan fingerprint density at radius 3 is 2.08 bits per heavy atom. The molecular formula is C16H28FN3O5. The normalized spacial score (nSPS) is 14.4. The molecule has 0 saturated carbocycles. The van der Waals surface area contributed by atoms with Crippen molar-refractivity contribution in [1.29, 1.82) is 0 Å². The van der Waals surface area contributed by atoms with Gasteiger partial charge in [-0.3, -0.25) is 19.2 Å². The number of ketones is 1. The van der Waals surface area contributed by atoms with Gasteiger partial charge < -0.3 is 20.7 Å². The van der Waals surface area contributed by atoms with Gasteiger partial charge in [-0.15, -0.1) is 0 Å². The summed E-state index contributed by atoms with van der Waals surface area (Å²) in [5, 5.41) is 7.65. The van der Waals surface area contributed by atoms with E-state index in [1.54, 1.807) is 14.0 Å². The highest BCUT2D eigenvalue weighted by Crippen LogP contribution is 2.03. The summed E-state index contributed by atoms with van der Waals surface area (Å²) in [5.74, 6) is -2.72. The van der Waals surface area contributed by atoms with Gasteiger partial charge >= 0.3 is 5.97 Å². The second kappa shape index (κ2) is 11.5. The second-order valence-corrected chi connectivity index (χ2v) is 5.91. The molecule has 2 amide bonds. The van der Waals surface area contributed by atoms with Crippen LogP contribution in [-0.4, -0.2) is 62.0 Å². The van der Waals surface area contributed by atoms with E-state index in [1.807, 2.05) is 13.8 Å². The molecule has 3 atom stereocenters. The van der Waals surface area contributed by atoms with E-state index in [-0.39, 0.29) is 18.4 Å². The number of esters is 1. The summed E-state index contributed by atoms with van der Waals surface area (Å²) in [5.41, 5.74) is 0. The largest absolute Gasteiger partial charge is 0.466 e. The molecule has 144 valence electrons. The third-order valence-electron chi connectivity index (χ3n) is 3.53. The molecule has 1 unspecified atom stereocenters. The summed E-state index contributed by atoms with van der Waals surface area (Å²) in [7, 11) is 1.63. The Hall–Kier alpha value is -2.03. The first kappa shape index (κ1) is 23.0. The summed E-state index contributed by atoms with van der Waals surface area (Å²) in [4.78, 5) is 47.3. The number of alkyl halides is 1. The molecule has 0 fully saturated rings. The molecule has 0 aliphatic rings. The van der Waals surface area contributed by atoms with Gasteiger partial charge in [-0.2, -0.15) is 0 Å². The SMILES string of the molecule is CCOC(=O)CC(NC(=O)[C@@H](C)NC(=O)[C@@H](NC)C(C)C)C(=O)CF. The van der Waals surface area contributed by atoms with E-state index in [2.05, 4.69) is 16.0 Å². The van der Waals surface area contributed by atoms with Crippen LogP contribution in [0.3, 0.4) is 0 Å². The summed E-state index contributed by atoms with van der Waals surface area (Å²) in [6.07, 6.45) is -0.464. The topological polar surface area (TPSA) is 114 Å². The Kier molecular flexibility index (Phi) is 10.6. The molecule has 0 aliphatic heterocycles. The zero-order valence-electron chi connectivity index (χ0n) is 15.3. The van der Waals surface area contributed by atoms with Crippen LogP contribution >= 0.6 is 0 Å². The van der Waals surface area contributed by atoms with Gasteiger partial charge in [0.1, 0.15) is 18.8 Å². The zero-order valence-corrected chi connectivity index (χ0v) is 15.3. The minimum Gasteiger partial charge on any atom is -0.466 e. The predicted octanol–water partition coefficient (Wildman–Crippen LogP) is -0.288. The van der Waals surface area contributed by atoms with Gasteiger partial charge in [0.25, 0.3) is 0 Å². The second-order valence-electron chi connectivity index (χ2n) is 5.91. The van der Waals surface area contributed by atoms with Crippen molar-refractivity contribution in [1.82, 2.24) is 16.0 Å². The fourth-order valence-electron chi connectivity index (χ4n) is 2.16. The van der Waals surface area contributed by atoms with Crippen molar-refractivity contribution in [2.24, 2.45) is 5.92 Å². The van der Waals surface area contributed by atoms with Crippen molar-refractivity contribution in [3.8, 4) is 0 Å². The summed E-state index contributed by atoms with van der Waals surface area (Å²) in [6, 6.07) is -2.78. The molecule has 0 aliphatic carbocycles. The maximum Gasteiger partial charge on any atom is 0.308 e. The van der Waals surface area contributed by atoms with E-state index in [1.165, 1.54) is 6.92 Å². The molecule has 0 spiro atoms. The molecule has 8 nitrogen and oxygen atoms in total. The van der Waals surface area contributed by atoms with Gasteiger partial charge in [-0.25, -0.2) is 4.39 Å². The number of rotatable bonds is 11. The summed E-state index contributed by atoms with van der Waals surface area (Å²) < 4.78 is 17.3. The van der Waals surface area contributed by atoms with Gasteiger partial charge in [-0.1, -0.05) is 13.8 Å². The lowest BCUT2D eigenvalue weighted by molar-refractivity contribution is -0.145. The van der Waals surface area contributed by atoms with Gasteiger partial charge in [0.2, 0.25) is 11.8 Å². The van der Waals surface area contributed by atoms with Crippen LogP contribution in [0.25, 0.3) is 0 Å². The van der Waals surface area contributed by atoms with Gasteiger partial charge in [0.05, 0.1) is 19.1 Å². The first-order valence-electron chi connectivity index (χ1n) is 8.20. The van der Waals surface area contributed by atoms with Crippen molar-refractivity contribution in [2.75, 3.05) is 20.3 Å². The Bertz CT molecular complexity index is 484. The molecule has 0 heterocycles. The van der Waals surface area contributed by atoms with E-state index in [4.69, 9.17) is 4.74 Å². The van der Waals surface area contributed by atoms with Crippen LogP contribution in [0.15, 0.2) is 0 Å². The van der Waals surface area contributed by atoms with Gasteiger partial charge in [0.15, 0.2) is 5.78 Å². The van der Waals surface area contributed by atoms with Crippen molar-refractivity contribution >= 4 is 23.6 Å². The monoisotopic (exact) mass is 361 g/mol. The number of amides is 2. The number of Topliss-reactive ketones (excluding diaryl/α,β-unsaturated/α-hetero) is 1. The Morgan fingerprint density at radius 2 is 1.64 bits per heavy atom. The Labute approximate surface area is 147 Å². The van der Waals surface area contributed by atoms with E-state index < -0.39 is 48.9 Å². The molecule has 9 heteroatoms. The number of halogens is 1. The lowest BCUT2D eigenvalue weighted by Gasteiger charge is -2.23. The van der Waals surface area contributed by atoms with E-state index in [0.717, 1.165) is 0 Å². The maximum absolute atomic E-state index is 12.6. The smallest absolute Gasteiger partial charge is 0.308 e. The fraction of sp³-hybridized carbons (Fsp3) is 0.750. The summed E-state index contributed by atoms with van der Waals surface area (Å²) in [6.45, 7) is 5.51. The van der Waals surface area contributed by atoms with Crippen LogP contribution in [0.1, 0.15) is 34.1 Å². The molecule has 25 heavy (non-hydrogen) atoms. The highest BCUT2D eigenvalue weighted by atomic mass is 19.1. The van der Waals surface area contributed by atoms with Gasteiger partial charge in [0, 0.05) is 0 Å². The van der Waals surface area contributed by atoms with Crippen LogP contribution in [0.2, 0.25) is 0 Å². The molecule has 0 aromatic rings. The zero-order chi connectivity index (χ0) is 19.6. The first-order chi connectivity index (χ1) is 11.7. The minimum absolute atomic E-state index is 0.00457. The molecule has 3 N–H and O–H groups in total. The summed E-state index contributed by atoms with van der Waals surface area (Å²) >= 11 is 0. The number of carbonyl (C=O) groups is 4. The van der Waals surface area contributed by atoms with Crippen LogP contribution in [0, 0.1) is 5.92 Å². The van der Waals surface area contributed by atoms with Crippen LogP contribution in [0.4, 0.5) is 4.39 Å². The number of nitrogens with one attached hydrogen (secondary N) is 3. The molecule has 0 saturated heterocycles. The number of hydrogen-bond acceptors (Lipinski definition) is 6. The Morgan fingerprint density at radius 1 is 1.04 bits per heavy atom. The van der Waals surface area contributed by atoms with Crippen molar-refractivity contribution in [3.63, 3.8) is 0 Å². The van der Waals surface area contributed by atoms with Crippen molar-refractivity contribution in [3.05, 3.63) is 0 Å². The quantitative estimate of drug-likeness (QED) is 0.436. The molecule has 0 radical (unpaired) electrons. The lowest BCUT2D eigenvalue weighted by Crippen LogP contribution is -2.55. The molecule has 0 bridgehead atoms. The fourth-order valence-corrected chi connectivity index (χ4v) is 2.16. The molecular weight excluding hydrogens is 333 g/mol. The van der Waals surface area contributed by atoms with Crippen LogP contribution in [-0.2, 0) is 23.9 Å². The van der Waals surface area contributed by atoms with E-state index in [0.29, 0.717) is 0 Å². The van der Waals surface area contributed by atoms with Crippen molar-refractivity contribution < 1.29 is 28.3 Å². The van der Waals surface area contributed by atoms with Crippen LogP contribution in [0.5, 0.6) is 0 Å². The first-order valence-corrected chi connectivity index (χ1v) is 8.20. The van der Waals surface area contributed by atoms with Crippen molar-refractivity contribution in [2.45, 2.75) is 52.2 Å². The average molecular weight is 361 g/mol. The minimum atomic E-state index is -1.33. The highest BCUT2D eigenvalue weighted by Gasteiger charge is 2.28. The molecule has 0 aromatic carbocycles. The standard InChI is InChI=1S/C16H28FN3O5/c1-6-25-13(22)7-11(12(21)8-17)20-15(23)10(4)19-16(24)14(18-5)9(2)3/h9-11,14,18H,6-8H2,1-5H3,(H,19,24)(H,20,23)/t10-,11?,14+/m1/s1. The van der Waals surface area contributed by atoms with E-state index >= 15 is 0 Å². The number of ether oxygens (including phenoxy) is 1.